The Hall–Kier alpha value is -4.57. The van der Waals surface area contributed by atoms with Gasteiger partial charge in [0.1, 0.15) is 47.0 Å². The number of hydrogen-bond acceptors (Lipinski definition) is 9. The van der Waals surface area contributed by atoms with Crippen LogP contribution in [0.2, 0.25) is 0 Å². The molecule has 0 spiro atoms. The normalized spacial score (nSPS) is 15.6. The molecule has 4 heterocycles. The van der Waals surface area contributed by atoms with E-state index in [4.69, 9.17) is 20.3 Å². The van der Waals surface area contributed by atoms with Gasteiger partial charge in [0.05, 0.1) is 11.4 Å². The van der Waals surface area contributed by atoms with Crippen LogP contribution in [-0.4, -0.2) is 54.8 Å². The van der Waals surface area contributed by atoms with E-state index in [9.17, 15) is 0 Å². The third kappa shape index (κ3) is 5.23. The van der Waals surface area contributed by atoms with Gasteiger partial charge in [-0.25, -0.2) is 24.6 Å². The van der Waals surface area contributed by atoms with Crippen LogP contribution in [0.5, 0.6) is 17.2 Å². The summed E-state index contributed by atoms with van der Waals surface area (Å²) in [5, 5.41) is 4.97. The Morgan fingerprint density at radius 2 is 1.72 bits per heavy atom. The van der Waals surface area contributed by atoms with Crippen LogP contribution >= 0.6 is 0 Å². The van der Waals surface area contributed by atoms with Crippen LogP contribution in [-0.2, 0) is 6.61 Å². The van der Waals surface area contributed by atoms with Gasteiger partial charge in [0.2, 0.25) is 0 Å². The third-order valence-electron chi connectivity index (χ3n) is 6.87. The number of nitrogens with zero attached hydrogens (tertiary/aromatic N) is 7. The van der Waals surface area contributed by atoms with Crippen molar-refractivity contribution in [3.8, 4) is 22.9 Å². The van der Waals surface area contributed by atoms with Crippen LogP contribution in [0, 0.1) is 13.8 Å². The Kier molecular flexibility index (Phi) is 6.54. The lowest BCUT2D eigenvalue weighted by molar-refractivity contribution is 0.303. The fourth-order valence-corrected chi connectivity index (χ4v) is 4.92. The van der Waals surface area contributed by atoms with Gasteiger partial charge in [0, 0.05) is 36.5 Å². The molecule has 1 aliphatic heterocycles. The van der Waals surface area contributed by atoms with Gasteiger partial charge in [0.25, 0.3) is 0 Å². The zero-order valence-corrected chi connectivity index (χ0v) is 22.2. The second-order valence-corrected chi connectivity index (χ2v) is 10.0. The van der Waals surface area contributed by atoms with Gasteiger partial charge in [-0.1, -0.05) is 0 Å². The molecule has 3 aromatic heterocycles. The van der Waals surface area contributed by atoms with Crippen molar-refractivity contribution in [1.29, 1.82) is 0 Å². The molecule has 0 saturated carbocycles. The summed E-state index contributed by atoms with van der Waals surface area (Å²) in [6.07, 6.45) is 6.10. The number of likely N-dealkylation sites (N-methyl/N-ethyl adjacent to an activating group) is 1. The van der Waals surface area contributed by atoms with Crippen molar-refractivity contribution < 1.29 is 9.47 Å². The van der Waals surface area contributed by atoms with Gasteiger partial charge >= 0.3 is 0 Å². The molecule has 10 heteroatoms. The summed E-state index contributed by atoms with van der Waals surface area (Å²) in [6.45, 7) is 6.23. The number of ether oxygens (including phenoxy) is 2. The molecule has 1 atom stereocenters. The smallest absolute Gasteiger partial charge is 0.153 e. The monoisotopic (exact) mass is 522 g/mol. The molecule has 6 rings (SSSR count). The van der Waals surface area contributed by atoms with Crippen LogP contribution < -0.4 is 15.2 Å². The maximum atomic E-state index is 6.30. The molecular weight excluding hydrogens is 492 g/mol. The molecule has 2 N–H and O–H groups in total. The van der Waals surface area contributed by atoms with E-state index in [0.717, 1.165) is 58.9 Å². The van der Waals surface area contributed by atoms with Crippen LogP contribution in [0.3, 0.4) is 0 Å². The highest BCUT2D eigenvalue weighted by Gasteiger charge is 2.28. The Morgan fingerprint density at radius 3 is 2.46 bits per heavy atom. The van der Waals surface area contributed by atoms with Crippen LogP contribution in [0.1, 0.15) is 35.0 Å². The maximum absolute atomic E-state index is 6.30. The molecule has 10 nitrogen and oxygen atoms in total. The van der Waals surface area contributed by atoms with Gasteiger partial charge in [-0.05, 0) is 75.8 Å². The number of nitrogens with two attached hydrogens (primary N) is 1. The van der Waals surface area contributed by atoms with Crippen molar-refractivity contribution in [3.05, 3.63) is 83.8 Å². The number of rotatable bonds is 7. The van der Waals surface area contributed by atoms with E-state index < -0.39 is 0 Å². The van der Waals surface area contributed by atoms with Crippen molar-refractivity contribution in [2.75, 3.05) is 25.9 Å². The first-order chi connectivity index (χ1) is 18.9. The van der Waals surface area contributed by atoms with E-state index in [2.05, 4.69) is 31.9 Å². The summed E-state index contributed by atoms with van der Waals surface area (Å²) in [5.74, 6) is 3.55. The first kappa shape index (κ1) is 24.7. The highest BCUT2D eigenvalue weighted by atomic mass is 16.5. The zero-order valence-electron chi connectivity index (χ0n) is 22.2. The third-order valence-corrected chi connectivity index (χ3v) is 6.87. The van der Waals surface area contributed by atoms with E-state index in [1.807, 2.05) is 61.0 Å². The van der Waals surface area contributed by atoms with E-state index in [-0.39, 0.29) is 0 Å². The second-order valence-electron chi connectivity index (χ2n) is 10.0. The predicted octanol–water partition coefficient (Wildman–Crippen LogP) is 4.59. The minimum Gasteiger partial charge on any atom is -0.489 e. The van der Waals surface area contributed by atoms with Crippen LogP contribution in [0.4, 0.5) is 5.82 Å². The number of aryl methyl sites for hydroxylation is 2. The molecule has 1 aliphatic rings. The summed E-state index contributed by atoms with van der Waals surface area (Å²) >= 11 is 0. The van der Waals surface area contributed by atoms with Gasteiger partial charge in [0.15, 0.2) is 5.82 Å². The Labute approximate surface area is 226 Å². The van der Waals surface area contributed by atoms with Crippen molar-refractivity contribution >= 4 is 16.9 Å². The standard InChI is InChI=1S/C29H30N8O2/c1-18-10-24(38-16-20-13-31-19(2)32-14-20)12-25(11-18)39-23-6-4-22(5-7-23)37-28-27(33-17-34-29(28)30)26(35-37)21-8-9-36(3)15-21/h4-7,10-14,17,21H,8-9,15-16H2,1-3H3,(H2,30,33,34)/t21-/m1/s1. The number of fused-ring (bicyclic) bond motifs is 1. The Morgan fingerprint density at radius 1 is 0.949 bits per heavy atom. The SMILES string of the molecule is Cc1cc(OCc2cnc(C)nc2)cc(Oc2ccc(-n3nc([C@@H]4CCN(C)C4)c4ncnc(N)c43)cc2)c1. The first-order valence-electron chi connectivity index (χ1n) is 12.9. The van der Waals surface area contributed by atoms with Crippen molar-refractivity contribution in [2.45, 2.75) is 32.8 Å². The van der Waals surface area contributed by atoms with Gasteiger partial charge in [-0.2, -0.15) is 5.10 Å². The Bertz CT molecular complexity index is 1620. The predicted molar refractivity (Wildman–Crippen MR) is 148 cm³/mol. The molecular formula is C29H30N8O2. The molecule has 0 bridgehead atoms. The average molecular weight is 523 g/mol. The number of aromatic nitrogens is 6. The molecule has 2 aromatic carbocycles. The molecule has 0 amide bonds. The lowest BCUT2D eigenvalue weighted by atomic mass is 10.0. The largest absolute Gasteiger partial charge is 0.489 e. The molecule has 198 valence electrons. The topological polar surface area (TPSA) is 117 Å². The van der Waals surface area contributed by atoms with Gasteiger partial charge in [-0.15, -0.1) is 0 Å². The van der Waals surface area contributed by atoms with Crippen molar-refractivity contribution in [2.24, 2.45) is 0 Å². The van der Waals surface area contributed by atoms with Crippen molar-refractivity contribution in [1.82, 2.24) is 34.6 Å². The summed E-state index contributed by atoms with van der Waals surface area (Å²) in [5.41, 5.74) is 11.6. The van der Waals surface area contributed by atoms with Gasteiger partial charge in [-0.3, -0.25) is 0 Å². The lowest BCUT2D eigenvalue weighted by Crippen LogP contribution is -2.13. The Balaban J connectivity index is 1.22. The highest BCUT2D eigenvalue weighted by molar-refractivity contribution is 5.88. The number of hydrogen-bond donors (Lipinski definition) is 1. The molecule has 39 heavy (non-hydrogen) atoms. The van der Waals surface area contributed by atoms with Crippen LogP contribution in [0.25, 0.3) is 16.7 Å². The number of anilines is 1. The minimum absolute atomic E-state index is 0.312. The minimum atomic E-state index is 0.312. The quantitative estimate of drug-likeness (QED) is 0.327. The fraction of sp³-hybridized carbons (Fsp3) is 0.276. The molecule has 0 radical (unpaired) electrons. The first-order valence-corrected chi connectivity index (χ1v) is 12.9. The van der Waals surface area contributed by atoms with E-state index in [1.54, 1.807) is 12.4 Å². The summed E-state index contributed by atoms with van der Waals surface area (Å²) in [7, 11) is 2.13. The molecule has 0 aliphatic carbocycles. The van der Waals surface area contributed by atoms with E-state index in [0.29, 0.717) is 35.6 Å². The van der Waals surface area contributed by atoms with Crippen molar-refractivity contribution in [3.63, 3.8) is 0 Å². The summed E-state index contributed by atoms with van der Waals surface area (Å²) in [6, 6.07) is 13.6. The summed E-state index contributed by atoms with van der Waals surface area (Å²) in [4.78, 5) is 19.5. The lowest BCUT2D eigenvalue weighted by Gasteiger charge is -2.12. The second kappa shape index (κ2) is 10.3. The van der Waals surface area contributed by atoms with Gasteiger partial charge < -0.3 is 20.1 Å². The molecule has 0 unspecified atom stereocenters. The average Bonchev–Trinajstić information content (AvgIpc) is 3.53. The maximum Gasteiger partial charge on any atom is 0.153 e. The number of likely N-dealkylation sites (tertiary alicyclic amines) is 1. The molecule has 1 saturated heterocycles. The number of benzene rings is 2. The highest BCUT2D eigenvalue weighted by Crippen LogP contribution is 2.34. The molecule has 5 aromatic rings. The summed E-state index contributed by atoms with van der Waals surface area (Å²) < 4.78 is 14.0. The van der Waals surface area contributed by atoms with E-state index >= 15 is 0 Å². The molecule has 1 fully saturated rings. The zero-order chi connectivity index (χ0) is 26.9. The number of nitrogen functional groups attached to an aromatic ring is 1. The van der Waals surface area contributed by atoms with E-state index in [1.165, 1.54) is 6.33 Å². The fourth-order valence-electron chi connectivity index (χ4n) is 4.92. The van der Waals surface area contributed by atoms with Crippen LogP contribution in [0.15, 0.2) is 61.2 Å².